The Morgan fingerprint density at radius 2 is 0.465 bits per heavy atom. The Balaban J connectivity index is 5.25. The predicted octanol–water partition coefficient (Wildman–Crippen LogP) is 23.9. The van der Waals surface area contributed by atoms with Crippen LogP contribution < -0.4 is 0 Å². The van der Waals surface area contributed by atoms with E-state index < -0.39 is 97.5 Å². The highest BCUT2D eigenvalue weighted by Crippen LogP contribution is 2.45. The minimum atomic E-state index is -4.96. The maximum Gasteiger partial charge on any atom is 0.472 e. The van der Waals surface area contributed by atoms with E-state index in [1.807, 2.05) is 0 Å². The highest BCUT2D eigenvalue weighted by molar-refractivity contribution is 7.47. The fourth-order valence-electron chi connectivity index (χ4n) is 12.4. The Kier molecular flexibility index (Phi) is 70.3. The molecule has 0 heterocycles. The Morgan fingerprint density at radius 1 is 0.273 bits per heavy atom. The second-order valence-electron chi connectivity index (χ2n) is 29.8. The van der Waals surface area contributed by atoms with Gasteiger partial charge >= 0.3 is 39.5 Å². The summed E-state index contributed by atoms with van der Waals surface area (Å²) in [5, 5.41) is 10.6. The van der Waals surface area contributed by atoms with E-state index in [-0.39, 0.29) is 25.7 Å². The quantitative estimate of drug-likeness (QED) is 0.0222. The number of rotatable bonds is 79. The normalized spacial score (nSPS) is 13.9. The van der Waals surface area contributed by atoms with Crippen molar-refractivity contribution in [3.05, 3.63) is 0 Å². The molecule has 0 aromatic carbocycles. The SMILES string of the molecule is CCCCCCCCCCCCCCCCCCCCC(=O)O[C@H](COC(=O)CCCCCCCCCCCCCCCCCC)COP(=O)(O)OC[C@@H](O)COP(=O)(O)OC[C@@H](COC(=O)CCCCCCCCCCC(C)C)OC(=O)CCCCCCCCCCCCCC(C)C. The van der Waals surface area contributed by atoms with Gasteiger partial charge in [0.25, 0.3) is 0 Å². The standard InChI is InChI=1S/C80H156O17P2/c1-7-9-11-13-15-17-19-21-23-25-26-28-30-34-38-46-52-58-64-79(84)96-75(68-90-77(82)62-56-50-44-37-33-29-27-24-22-20-18-16-14-12-10-8-2)70-94-98(86,87)92-66-74(81)67-93-99(88,89)95-71-76(69-91-78(83)63-57-51-45-41-40-43-49-55-61-73(5)6)97-80(85)65-59-53-47-39-35-31-32-36-42-48-54-60-72(3)4/h72-76,81H,7-71H2,1-6H3,(H,86,87)(H,88,89)/t74-,75-,76-/m1/s1. The van der Waals surface area contributed by atoms with E-state index >= 15 is 0 Å². The minimum Gasteiger partial charge on any atom is -0.462 e. The van der Waals surface area contributed by atoms with Gasteiger partial charge in [-0.2, -0.15) is 0 Å². The van der Waals surface area contributed by atoms with Crippen molar-refractivity contribution in [1.82, 2.24) is 0 Å². The molecule has 0 aromatic rings. The highest BCUT2D eigenvalue weighted by atomic mass is 31.2. The molecule has 2 unspecified atom stereocenters. The van der Waals surface area contributed by atoms with Crippen LogP contribution in [-0.2, 0) is 65.4 Å². The van der Waals surface area contributed by atoms with E-state index in [0.717, 1.165) is 102 Å². The number of ether oxygens (including phenoxy) is 4. The van der Waals surface area contributed by atoms with Gasteiger partial charge in [-0.05, 0) is 37.5 Å². The van der Waals surface area contributed by atoms with Crippen LogP contribution in [0.4, 0.5) is 0 Å². The van der Waals surface area contributed by atoms with Crippen molar-refractivity contribution in [2.45, 2.75) is 439 Å². The molecule has 99 heavy (non-hydrogen) atoms. The first-order chi connectivity index (χ1) is 47.9. The van der Waals surface area contributed by atoms with Gasteiger partial charge in [-0.25, -0.2) is 9.13 Å². The molecule has 0 rings (SSSR count). The van der Waals surface area contributed by atoms with Gasteiger partial charge in [-0.15, -0.1) is 0 Å². The van der Waals surface area contributed by atoms with Gasteiger partial charge in [-0.1, -0.05) is 369 Å². The van der Waals surface area contributed by atoms with Crippen LogP contribution in [0.2, 0.25) is 0 Å². The second-order valence-corrected chi connectivity index (χ2v) is 32.7. The molecule has 5 atom stereocenters. The third-order valence-corrected chi connectivity index (χ3v) is 20.6. The molecule has 0 saturated heterocycles. The topological polar surface area (TPSA) is 237 Å². The van der Waals surface area contributed by atoms with Gasteiger partial charge in [-0.3, -0.25) is 37.3 Å². The van der Waals surface area contributed by atoms with Gasteiger partial charge in [0.15, 0.2) is 12.2 Å². The van der Waals surface area contributed by atoms with E-state index in [4.69, 9.17) is 37.0 Å². The van der Waals surface area contributed by atoms with Crippen LogP contribution in [0.25, 0.3) is 0 Å². The monoisotopic (exact) mass is 1450 g/mol. The van der Waals surface area contributed by atoms with Crippen molar-refractivity contribution in [3.8, 4) is 0 Å². The molecule has 0 radical (unpaired) electrons. The van der Waals surface area contributed by atoms with E-state index in [0.29, 0.717) is 25.7 Å². The molecule has 0 aliphatic carbocycles. The van der Waals surface area contributed by atoms with Crippen molar-refractivity contribution in [2.24, 2.45) is 11.8 Å². The predicted molar refractivity (Wildman–Crippen MR) is 405 cm³/mol. The van der Waals surface area contributed by atoms with Crippen molar-refractivity contribution in [3.63, 3.8) is 0 Å². The number of carbonyl (C=O) groups is 4. The summed E-state index contributed by atoms with van der Waals surface area (Å²) < 4.78 is 68.7. The minimum absolute atomic E-state index is 0.106. The third-order valence-electron chi connectivity index (χ3n) is 18.7. The summed E-state index contributed by atoms with van der Waals surface area (Å²) in [6.45, 7) is 9.60. The summed E-state index contributed by atoms with van der Waals surface area (Å²) in [4.78, 5) is 73.0. The molecule has 0 aliphatic rings. The van der Waals surface area contributed by atoms with E-state index in [1.165, 1.54) is 238 Å². The average molecular weight is 1450 g/mol. The van der Waals surface area contributed by atoms with Crippen LogP contribution in [0.3, 0.4) is 0 Å². The molecule has 0 saturated carbocycles. The molecule has 0 fully saturated rings. The fourth-order valence-corrected chi connectivity index (χ4v) is 13.9. The lowest BCUT2D eigenvalue weighted by Crippen LogP contribution is -2.30. The Morgan fingerprint density at radius 3 is 0.687 bits per heavy atom. The van der Waals surface area contributed by atoms with Crippen LogP contribution in [0.15, 0.2) is 0 Å². The second kappa shape index (κ2) is 71.7. The number of aliphatic hydroxyl groups excluding tert-OH is 1. The molecule has 0 amide bonds. The smallest absolute Gasteiger partial charge is 0.462 e. The first-order valence-corrected chi connectivity index (χ1v) is 44.5. The molecule has 3 N–H and O–H groups in total. The van der Waals surface area contributed by atoms with Crippen molar-refractivity contribution >= 4 is 39.5 Å². The zero-order valence-electron chi connectivity index (χ0n) is 64.8. The molecular formula is C80H156O17P2. The molecule has 0 spiro atoms. The van der Waals surface area contributed by atoms with Crippen LogP contribution in [0.1, 0.15) is 420 Å². The lowest BCUT2D eigenvalue weighted by atomic mass is 10.0. The molecule has 588 valence electrons. The molecular weight excluding hydrogens is 1290 g/mol. The first-order valence-electron chi connectivity index (χ1n) is 41.5. The molecule has 0 bridgehead atoms. The summed E-state index contributed by atoms with van der Waals surface area (Å²) in [6.07, 6.45) is 61.0. The van der Waals surface area contributed by atoms with Gasteiger partial charge in [0.1, 0.15) is 19.3 Å². The van der Waals surface area contributed by atoms with Crippen LogP contribution in [-0.4, -0.2) is 96.7 Å². The maximum atomic E-state index is 13.1. The Hall–Kier alpha value is -1.94. The number of unbranched alkanes of at least 4 members (excludes halogenated alkanes) is 49. The van der Waals surface area contributed by atoms with Gasteiger partial charge in [0.2, 0.25) is 0 Å². The lowest BCUT2D eigenvalue weighted by Gasteiger charge is -2.21. The summed E-state index contributed by atoms with van der Waals surface area (Å²) in [7, 11) is -9.92. The van der Waals surface area contributed by atoms with Gasteiger partial charge in [0.05, 0.1) is 26.4 Å². The van der Waals surface area contributed by atoms with Gasteiger partial charge < -0.3 is 33.8 Å². The third kappa shape index (κ3) is 74.1. The average Bonchev–Trinajstić information content (AvgIpc) is 1.01. The molecule has 0 aromatic heterocycles. The van der Waals surface area contributed by atoms with Crippen molar-refractivity contribution in [2.75, 3.05) is 39.6 Å². The van der Waals surface area contributed by atoms with Crippen LogP contribution in [0.5, 0.6) is 0 Å². The fraction of sp³-hybridized carbons (Fsp3) is 0.950. The number of carbonyl (C=O) groups excluding carboxylic acids is 4. The van der Waals surface area contributed by atoms with Gasteiger partial charge in [0, 0.05) is 25.7 Å². The highest BCUT2D eigenvalue weighted by Gasteiger charge is 2.30. The Labute approximate surface area is 607 Å². The van der Waals surface area contributed by atoms with E-state index in [1.54, 1.807) is 0 Å². The summed E-state index contributed by atoms with van der Waals surface area (Å²) in [5.41, 5.74) is 0. The summed E-state index contributed by atoms with van der Waals surface area (Å²) in [5.74, 6) is -0.618. The van der Waals surface area contributed by atoms with Crippen molar-refractivity contribution in [1.29, 1.82) is 0 Å². The molecule has 19 heteroatoms. The largest absolute Gasteiger partial charge is 0.472 e. The lowest BCUT2D eigenvalue weighted by molar-refractivity contribution is -0.161. The maximum absolute atomic E-state index is 13.1. The number of phosphoric ester groups is 2. The number of hydrogen-bond acceptors (Lipinski definition) is 15. The first kappa shape index (κ1) is 97.1. The van der Waals surface area contributed by atoms with Crippen LogP contribution >= 0.6 is 15.6 Å². The number of phosphoric acid groups is 2. The Bertz CT molecular complexity index is 1910. The number of esters is 4. The summed E-state index contributed by atoms with van der Waals surface area (Å²) in [6, 6.07) is 0. The number of hydrogen-bond donors (Lipinski definition) is 3. The van der Waals surface area contributed by atoms with E-state index in [9.17, 15) is 43.2 Å². The zero-order chi connectivity index (χ0) is 72.8. The summed E-state index contributed by atoms with van der Waals surface area (Å²) >= 11 is 0. The molecule has 0 aliphatic heterocycles. The molecule has 17 nitrogen and oxygen atoms in total. The zero-order valence-corrected chi connectivity index (χ0v) is 66.6. The van der Waals surface area contributed by atoms with E-state index in [2.05, 4.69) is 41.5 Å². The van der Waals surface area contributed by atoms with Crippen molar-refractivity contribution < 1.29 is 80.2 Å². The van der Waals surface area contributed by atoms with Crippen LogP contribution in [0, 0.1) is 11.8 Å². The number of aliphatic hydroxyl groups is 1.